The van der Waals surface area contributed by atoms with Gasteiger partial charge in [-0.1, -0.05) is 17.7 Å². The van der Waals surface area contributed by atoms with E-state index in [1.807, 2.05) is 6.92 Å². The Morgan fingerprint density at radius 2 is 1.67 bits per heavy atom. The number of hydrogen-bond acceptors (Lipinski definition) is 1. The Hall–Kier alpha value is -0.820. The van der Waals surface area contributed by atoms with Crippen LogP contribution in [0.4, 0.5) is 0 Å². The summed E-state index contributed by atoms with van der Waals surface area (Å²) in [5.41, 5.74) is 5.57. The molecule has 0 saturated heterocycles. The van der Waals surface area contributed by atoms with Crippen molar-refractivity contribution >= 4 is 0 Å². The van der Waals surface area contributed by atoms with Crippen molar-refractivity contribution < 1.29 is 5.11 Å². The van der Waals surface area contributed by atoms with Crippen molar-refractivity contribution in [1.82, 2.24) is 0 Å². The molecule has 0 unspecified atom stereocenters. The third kappa shape index (κ3) is 3.67. The van der Waals surface area contributed by atoms with Crippen LogP contribution in [0.15, 0.2) is 12.1 Å². The number of aliphatic hydroxyl groups is 1. The molecule has 84 valence electrons. The fourth-order valence-corrected chi connectivity index (χ4v) is 2.18. The number of rotatable bonds is 4. The van der Waals surface area contributed by atoms with Crippen LogP contribution in [0.25, 0.3) is 0 Å². The summed E-state index contributed by atoms with van der Waals surface area (Å²) in [7, 11) is 0. The van der Waals surface area contributed by atoms with Crippen molar-refractivity contribution in [1.29, 1.82) is 0 Å². The lowest BCUT2D eigenvalue weighted by Crippen LogP contribution is -2.02. The second kappa shape index (κ2) is 5.32. The third-order valence-electron chi connectivity index (χ3n) is 2.89. The quantitative estimate of drug-likeness (QED) is 0.801. The summed E-state index contributed by atoms with van der Waals surface area (Å²) in [5.74, 6) is 0. The van der Waals surface area contributed by atoms with Crippen molar-refractivity contribution in [3.63, 3.8) is 0 Å². The van der Waals surface area contributed by atoms with Gasteiger partial charge in [0.05, 0.1) is 6.10 Å². The van der Waals surface area contributed by atoms with E-state index in [-0.39, 0.29) is 6.10 Å². The van der Waals surface area contributed by atoms with E-state index >= 15 is 0 Å². The van der Waals surface area contributed by atoms with Gasteiger partial charge in [-0.2, -0.15) is 0 Å². The zero-order valence-electron chi connectivity index (χ0n) is 10.3. The maximum Gasteiger partial charge on any atom is 0.0512 e. The lowest BCUT2D eigenvalue weighted by Gasteiger charge is -2.11. The Morgan fingerprint density at radius 3 is 2.13 bits per heavy atom. The molecule has 0 aliphatic rings. The van der Waals surface area contributed by atoms with Crippen molar-refractivity contribution in [2.24, 2.45) is 0 Å². The molecule has 0 amide bonds. The predicted octanol–water partition coefficient (Wildman–Crippen LogP) is 3.32. The van der Waals surface area contributed by atoms with Gasteiger partial charge in [0, 0.05) is 0 Å². The zero-order chi connectivity index (χ0) is 11.4. The van der Waals surface area contributed by atoms with Gasteiger partial charge in [0.1, 0.15) is 0 Å². The van der Waals surface area contributed by atoms with Crippen LogP contribution in [0.3, 0.4) is 0 Å². The fourth-order valence-electron chi connectivity index (χ4n) is 2.18. The monoisotopic (exact) mass is 206 g/mol. The summed E-state index contributed by atoms with van der Waals surface area (Å²) in [6.45, 7) is 8.35. The summed E-state index contributed by atoms with van der Waals surface area (Å²) >= 11 is 0. The summed E-state index contributed by atoms with van der Waals surface area (Å²) in [5, 5.41) is 9.21. The summed E-state index contributed by atoms with van der Waals surface area (Å²) in [4.78, 5) is 0. The largest absolute Gasteiger partial charge is 0.393 e. The van der Waals surface area contributed by atoms with Crippen LogP contribution in [-0.2, 0) is 6.42 Å². The highest BCUT2D eigenvalue weighted by molar-refractivity contribution is 5.37. The number of benzene rings is 1. The molecule has 1 heteroatoms. The van der Waals surface area contributed by atoms with Crippen LogP contribution in [-0.4, -0.2) is 11.2 Å². The molecule has 0 aliphatic carbocycles. The maximum atomic E-state index is 9.21. The average Bonchev–Trinajstić information content (AvgIpc) is 2.08. The van der Waals surface area contributed by atoms with Crippen molar-refractivity contribution in [2.75, 3.05) is 0 Å². The average molecular weight is 206 g/mol. The minimum atomic E-state index is -0.170. The second-order valence-corrected chi connectivity index (χ2v) is 4.62. The normalized spacial score (nSPS) is 12.9. The molecule has 1 aromatic carbocycles. The summed E-state index contributed by atoms with van der Waals surface area (Å²) < 4.78 is 0. The predicted molar refractivity (Wildman–Crippen MR) is 65.3 cm³/mol. The van der Waals surface area contributed by atoms with Gasteiger partial charge in [0.2, 0.25) is 0 Å². The molecule has 15 heavy (non-hydrogen) atoms. The van der Waals surface area contributed by atoms with Crippen molar-refractivity contribution in [2.45, 2.75) is 53.1 Å². The number of aryl methyl sites for hydroxylation is 3. The topological polar surface area (TPSA) is 20.2 Å². The lowest BCUT2D eigenvalue weighted by atomic mass is 9.95. The first-order chi connectivity index (χ1) is 7.00. The van der Waals surface area contributed by atoms with E-state index in [0.29, 0.717) is 0 Å². The van der Waals surface area contributed by atoms with Crippen LogP contribution >= 0.6 is 0 Å². The van der Waals surface area contributed by atoms with Crippen LogP contribution in [0.5, 0.6) is 0 Å². The molecule has 1 nitrogen and oxygen atoms in total. The molecular weight excluding hydrogens is 184 g/mol. The Morgan fingerprint density at radius 1 is 1.13 bits per heavy atom. The molecule has 1 aromatic rings. The Bertz CT molecular complexity index is 303. The Kier molecular flexibility index (Phi) is 4.34. The maximum absolute atomic E-state index is 9.21. The van der Waals surface area contributed by atoms with E-state index in [1.54, 1.807) is 0 Å². The lowest BCUT2D eigenvalue weighted by molar-refractivity contribution is 0.181. The molecule has 0 spiro atoms. The van der Waals surface area contributed by atoms with Gasteiger partial charge in [0.25, 0.3) is 0 Å². The van der Waals surface area contributed by atoms with Crippen LogP contribution in [0.2, 0.25) is 0 Å². The first kappa shape index (κ1) is 12.3. The van der Waals surface area contributed by atoms with Gasteiger partial charge in [0.15, 0.2) is 0 Å². The van der Waals surface area contributed by atoms with Crippen molar-refractivity contribution in [3.8, 4) is 0 Å². The molecular formula is C14H22O. The molecule has 0 aromatic heterocycles. The van der Waals surface area contributed by atoms with Gasteiger partial charge >= 0.3 is 0 Å². The first-order valence-electron chi connectivity index (χ1n) is 5.75. The fraction of sp³-hybridized carbons (Fsp3) is 0.571. The van der Waals surface area contributed by atoms with Gasteiger partial charge in [-0.3, -0.25) is 0 Å². The minimum Gasteiger partial charge on any atom is -0.393 e. The van der Waals surface area contributed by atoms with E-state index in [2.05, 4.69) is 32.9 Å². The summed E-state index contributed by atoms with van der Waals surface area (Å²) in [6, 6.07) is 4.48. The van der Waals surface area contributed by atoms with Gasteiger partial charge < -0.3 is 5.11 Å². The summed E-state index contributed by atoms with van der Waals surface area (Å²) in [6.07, 6.45) is 2.88. The third-order valence-corrected chi connectivity index (χ3v) is 2.89. The molecule has 0 aliphatic heterocycles. The van der Waals surface area contributed by atoms with E-state index in [0.717, 1.165) is 19.3 Å². The van der Waals surface area contributed by atoms with Crippen LogP contribution in [0.1, 0.15) is 42.0 Å². The smallest absolute Gasteiger partial charge is 0.0512 e. The standard InChI is InChI=1S/C14H22O/c1-10-8-11(2)14(12(3)9-10)7-5-6-13(4)15/h8-9,13,15H,5-7H2,1-4H3/t13-/m1/s1. The highest BCUT2D eigenvalue weighted by atomic mass is 16.3. The van der Waals surface area contributed by atoms with Gasteiger partial charge in [-0.05, 0) is 63.6 Å². The van der Waals surface area contributed by atoms with E-state index in [1.165, 1.54) is 22.3 Å². The van der Waals surface area contributed by atoms with Crippen LogP contribution in [0, 0.1) is 20.8 Å². The molecule has 0 saturated carbocycles. The molecule has 1 rings (SSSR count). The van der Waals surface area contributed by atoms with E-state index < -0.39 is 0 Å². The Labute approximate surface area is 93.1 Å². The van der Waals surface area contributed by atoms with E-state index in [4.69, 9.17) is 0 Å². The Balaban J connectivity index is 2.68. The van der Waals surface area contributed by atoms with E-state index in [9.17, 15) is 5.11 Å². The highest BCUT2D eigenvalue weighted by Crippen LogP contribution is 2.18. The molecule has 1 N–H and O–H groups in total. The minimum absolute atomic E-state index is 0.170. The SMILES string of the molecule is Cc1cc(C)c(CCC[C@@H](C)O)c(C)c1. The van der Waals surface area contributed by atoms with Crippen LogP contribution < -0.4 is 0 Å². The van der Waals surface area contributed by atoms with Gasteiger partial charge in [-0.15, -0.1) is 0 Å². The van der Waals surface area contributed by atoms with Crippen molar-refractivity contribution in [3.05, 3.63) is 34.4 Å². The first-order valence-corrected chi connectivity index (χ1v) is 5.75. The highest BCUT2D eigenvalue weighted by Gasteiger charge is 2.04. The number of hydrogen-bond donors (Lipinski definition) is 1. The van der Waals surface area contributed by atoms with Gasteiger partial charge in [-0.25, -0.2) is 0 Å². The molecule has 1 atom stereocenters. The molecule has 0 bridgehead atoms. The molecule has 0 radical (unpaired) electrons. The molecule has 0 fully saturated rings. The molecule has 0 heterocycles. The zero-order valence-corrected chi connectivity index (χ0v) is 10.3. The number of aliphatic hydroxyl groups excluding tert-OH is 1. The second-order valence-electron chi connectivity index (χ2n) is 4.62.